The number of fused-ring (bicyclic) bond motifs is 1. The van der Waals surface area contributed by atoms with Crippen LogP contribution >= 0.6 is 0 Å². The predicted octanol–water partition coefficient (Wildman–Crippen LogP) is 3.66. The lowest BCUT2D eigenvalue weighted by molar-refractivity contribution is -0.121. The Balaban J connectivity index is 1.56. The van der Waals surface area contributed by atoms with E-state index in [0.717, 1.165) is 22.6 Å². The van der Waals surface area contributed by atoms with Crippen LogP contribution < -0.4 is 14.4 Å². The molecule has 3 aromatic rings. The molecule has 0 saturated heterocycles. The number of hydrogen-bond donors (Lipinski definition) is 0. The topological polar surface area (TPSA) is 77.7 Å². The van der Waals surface area contributed by atoms with E-state index in [1.165, 1.54) is 0 Å². The molecule has 1 amide bonds. The van der Waals surface area contributed by atoms with Crippen LogP contribution in [0.2, 0.25) is 0 Å². The standard InChI is InChI=1S/C21H19N3O4/c1-3-24-17-12-15(7-10-18(17)27-13-20(24)25)21-22-19(28-23-21)11-6-14-4-8-16(26-2)9-5-14/h4-12H,3,13H2,1-2H3. The van der Waals surface area contributed by atoms with Crippen molar-refractivity contribution in [2.24, 2.45) is 0 Å². The number of carbonyl (C=O) groups is 1. The van der Waals surface area contributed by atoms with Gasteiger partial charge in [-0.05, 0) is 48.9 Å². The van der Waals surface area contributed by atoms with E-state index in [-0.39, 0.29) is 12.5 Å². The van der Waals surface area contributed by atoms with Gasteiger partial charge in [-0.3, -0.25) is 4.79 Å². The van der Waals surface area contributed by atoms with Gasteiger partial charge in [0.15, 0.2) is 6.61 Å². The first-order chi connectivity index (χ1) is 13.7. The van der Waals surface area contributed by atoms with Gasteiger partial charge in [0.05, 0.1) is 12.8 Å². The second kappa shape index (κ2) is 7.56. The summed E-state index contributed by atoms with van der Waals surface area (Å²) in [5.41, 5.74) is 2.46. The highest BCUT2D eigenvalue weighted by atomic mass is 16.5. The molecule has 0 atom stereocenters. The Hall–Kier alpha value is -3.61. The summed E-state index contributed by atoms with van der Waals surface area (Å²) in [6, 6.07) is 13.2. The Morgan fingerprint density at radius 3 is 2.75 bits per heavy atom. The molecule has 4 rings (SSSR count). The van der Waals surface area contributed by atoms with Gasteiger partial charge in [-0.15, -0.1) is 0 Å². The van der Waals surface area contributed by atoms with E-state index in [2.05, 4.69) is 10.1 Å². The molecule has 1 aromatic heterocycles. The molecular weight excluding hydrogens is 358 g/mol. The van der Waals surface area contributed by atoms with E-state index in [1.807, 2.05) is 55.5 Å². The molecule has 0 unspecified atom stereocenters. The number of hydrogen-bond acceptors (Lipinski definition) is 6. The lowest BCUT2D eigenvalue weighted by Gasteiger charge is -2.28. The summed E-state index contributed by atoms with van der Waals surface area (Å²) in [4.78, 5) is 18.1. The van der Waals surface area contributed by atoms with Gasteiger partial charge in [-0.2, -0.15) is 4.98 Å². The van der Waals surface area contributed by atoms with Gasteiger partial charge in [0, 0.05) is 18.2 Å². The van der Waals surface area contributed by atoms with E-state index >= 15 is 0 Å². The number of benzene rings is 2. The quantitative estimate of drug-likeness (QED) is 0.675. The van der Waals surface area contributed by atoms with Crippen molar-refractivity contribution in [2.75, 3.05) is 25.2 Å². The highest BCUT2D eigenvalue weighted by Gasteiger charge is 2.25. The van der Waals surface area contributed by atoms with Crippen molar-refractivity contribution in [3.8, 4) is 22.9 Å². The van der Waals surface area contributed by atoms with Crippen molar-refractivity contribution in [3.63, 3.8) is 0 Å². The van der Waals surface area contributed by atoms with E-state index < -0.39 is 0 Å². The first-order valence-corrected chi connectivity index (χ1v) is 8.91. The fourth-order valence-corrected chi connectivity index (χ4v) is 2.99. The summed E-state index contributed by atoms with van der Waals surface area (Å²) in [5.74, 6) is 2.25. The van der Waals surface area contributed by atoms with Gasteiger partial charge < -0.3 is 18.9 Å². The van der Waals surface area contributed by atoms with Crippen LogP contribution in [0.3, 0.4) is 0 Å². The van der Waals surface area contributed by atoms with Gasteiger partial charge in [-0.1, -0.05) is 17.3 Å². The number of likely N-dealkylation sites (N-methyl/N-ethyl adjacent to an activating group) is 1. The summed E-state index contributed by atoms with van der Waals surface area (Å²) >= 11 is 0. The Labute approximate surface area is 162 Å². The largest absolute Gasteiger partial charge is 0.497 e. The molecular formula is C21H19N3O4. The maximum atomic E-state index is 12.0. The molecule has 0 spiro atoms. The van der Waals surface area contributed by atoms with Crippen molar-refractivity contribution in [3.05, 3.63) is 53.9 Å². The zero-order valence-corrected chi connectivity index (χ0v) is 15.6. The lowest BCUT2D eigenvalue weighted by Crippen LogP contribution is -2.38. The number of methoxy groups -OCH3 is 1. The van der Waals surface area contributed by atoms with Crippen LogP contribution in [-0.4, -0.2) is 36.3 Å². The normalized spacial score (nSPS) is 13.5. The number of aromatic nitrogens is 2. The fraction of sp³-hybridized carbons (Fsp3) is 0.190. The van der Waals surface area contributed by atoms with Gasteiger partial charge in [-0.25, -0.2) is 0 Å². The van der Waals surface area contributed by atoms with Gasteiger partial charge in [0.2, 0.25) is 5.82 Å². The molecule has 0 bridgehead atoms. The summed E-state index contributed by atoms with van der Waals surface area (Å²) in [6.07, 6.45) is 3.64. The molecule has 2 aromatic carbocycles. The number of amides is 1. The summed E-state index contributed by atoms with van der Waals surface area (Å²) in [5, 5.41) is 4.04. The summed E-state index contributed by atoms with van der Waals surface area (Å²) in [6.45, 7) is 2.56. The van der Waals surface area contributed by atoms with Crippen LogP contribution in [0.4, 0.5) is 5.69 Å². The molecule has 0 fully saturated rings. The molecule has 142 valence electrons. The maximum absolute atomic E-state index is 12.0. The second-order valence-corrected chi connectivity index (χ2v) is 6.17. The Bertz CT molecular complexity index is 1020. The monoisotopic (exact) mass is 377 g/mol. The van der Waals surface area contributed by atoms with Gasteiger partial charge in [0.25, 0.3) is 11.8 Å². The third-order valence-corrected chi connectivity index (χ3v) is 4.45. The smallest absolute Gasteiger partial charge is 0.265 e. The Kier molecular flexibility index (Phi) is 4.80. The maximum Gasteiger partial charge on any atom is 0.265 e. The van der Waals surface area contributed by atoms with Crippen LogP contribution in [0.25, 0.3) is 23.5 Å². The Morgan fingerprint density at radius 1 is 1.18 bits per heavy atom. The van der Waals surface area contributed by atoms with E-state index in [0.29, 0.717) is 24.0 Å². The molecule has 2 heterocycles. The first-order valence-electron chi connectivity index (χ1n) is 8.91. The van der Waals surface area contributed by atoms with E-state index in [4.69, 9.17) is 14.0 Å². The summed E-state index contributed by atoms with van der Waals surface area (Å²) in [7, 11) is 1.63. The van der Waals surface area contributed by atoms with Crippen molar-refractivity contribution in [2.45, 2.75) is 6.92 Å². The highest BCUT2D eigenvalue weighted by molar-refractivity contribution is 5.98. The number of carbonyl (C=O) groups excluding carboxylic acids is 1. The van der Waals surface area contributed by atoms with Crippen LogP contribution in [0.1, 0.15) is 18.4 Å². The molecule has 1 aliphatic rings. The van der Waals surface area contributed by atoms with Crippen molar-refractivity contribution in [1.29, 1.82) is 0 Å². The van der Waals surface area contributed by atoms with Gasteiger partial charge >= 0.3 is 0 Å². The van der Waals surface area contributed by atoms with Crippen molar-refractivity contribution < 1.29 is 18.8 Å². The molecule has 1 aliphatic heterocycles. The fourth-order valence-electron chi connectivity index (χ4n) is 2.99. The van der Waals surface area contributed by atoms with Crippen molar-refractivity contribution >= 4 is 23.7 Å². The van der Waals surface area contributed by atoms with Gasteiger partial charge in [0.1, 0.15) is 11.5 Å². The van der Waals surface area contributed by atoms with E-state index in [1.54, 1.807) is 18.1 Å². The molecule has 0 saturated carbocycles. The first kappa shape index (κ1) is 17.8. The Morgan fingerprint density at radius 2 is 2.00 bits per heavy atom. The highest BCUT2D eigenvalue weighted by Crippen LogP contribution is 2.35. The minimum absolute atomic E-state index is 0.0582. The molecule has 7 nitrogen and oxygen atoms in total. The predicted molar refractivity (Wildman–Crippen MR) is 105 cm³/mol. The minimum atomic E-state index is -0.0663. The van der Waals surface area contributed by atoms with Crippen LogP contribution in [0.15, 0.2) is 47.0 Å². The molecule has 28 heavy (non-hydrogen) atoms. The number of anilines is 1. The average molecular weight is 377 g/mol. The molecule has 0 N–H and O–H groups in total. The summed E-state index contributed by atoms with van der Waals surface area (Å²) < 4.78 is 16.0. The van der Waals surface area contributed by atoms with Crippen molar-refractivity contribution in [1.82, 2.24) is 10.1 Å². The SMILES string of the molecule is CCN1C(=O)COc2ccc(-c3noc(C=Cc4ccc(OC)cc4)n3)cc21. The second-order valence-electron chi connectivity index (χ2n) is 6.17. The van der Waals surface area contributed by atoms with Crippen LogP contribution in [0.5, 0.6) is 11.5 Å². The number of ether oxygens (including phenoxy) is 2. The van der Waals surface area contributed by atoms with E-state index in [9.17, 15) is 4.79 Å². The molecule has 0 radical (unpaired) electrons. The third-order valence-electron chi connectivity index (χ3n) is 4.45. The number of rotatable bonds is 5. The average Bonchev–Trinajstić information content (AvgIpc) is 3.21. The lowest BCUT2D eigenvalue weighted by atomic mass is 10.1. The van der Waals surface area contributed by atoms with Crippen LogP contribution in [-0.2, 0) is 4.79 Å². The third kappa shape index (κ3) is 3.46. The van der Waals surface area contributed by atoms with Crippen LogP contribution in [0, 0.1) is 0 Å². The zero-order valence-electron chi connectivity index (χ0n) is 15.6. The minimum Gasteiger partial charge on any atom is -0.497 e. The number of nitrogens with zero attached hydrogens (tertiary/aromatic N) is 3. The molecule has 0 aliphatic carbocycles. The molecule has 7 heteroatoms. The zero-order chi connectivity index (χ0) is 19.5.